The molecule has 0 fully saturated rings. The molecule has 0 saturated heterocycles. The number of aryl methyl sites for hydroxylation is 3. The van der Waals surface area contributed by atoms with Crippen LogP contribution in [0.2, 0.25) is 0 Å². The van der Waals surface area contributed by atoms with Gasteiger partial charge in [0, 0.05) is 0 Å². The predicted octanol–water partition coefficient (Wildman–Crippen LogP) is 4.15. The van der Waals surface area contributed by atoms with Crippen LogP contribution < -0.4 is 0 Å². The molecule has 0 atom stereocenters. The van der Waals surface area contributed by atoms with E-state index < -0.39 is 0 Å². The average Bonchev–Trinajstić information content (AvgIpc) is 2.76. The number of hydrogen-bond donors (Lipinski definition) is 0. The average molecular weight is 208 g/mol. The first kappa shape index (κ1) is 9.65. The molecule has 16 heavy (non-hydrogen) atoms. The van der Waals surface area contributed by atoms with E-state index in [0.717, 1.165) is 0 Å². The summed E-state index contributed by atoms with van der Waals surface area (Å²) in [5.41, 5.74) is 7.22. The van der Waals surface area contributed by atoms with Gasteiger partial charge in [-0.1, -0.05) is 42.5 Å². The maximum Gasteiger partial charge on any atom is -0.0155 e. The topological polar surface area (TPSA) is 0 Å². The van der Waals surface area contributed by atoms with Crippen LogP contribution >= 0.6 is 0 Å². The monoisotopic (exact) mass is 208 g/mol. The normalized spacial score (nSPS) is 13.8. The van der Waals surface area contributed by atoms with Gasteiger partial charge < -0.3 is 0 Å². The third-order valence-electron chi connectivity index (χ3n) is 3.55. The van der Waals surface area contributed by atoms with E-state index in [1.54, 1.807) is 11.1 Å². The van der Waals surface area contributed by atoms with Gasteiger partial charge in [0.25, 0.3) is 0 Å². The van der Waals surface area contributed by atoms with Gasteiger partial charge in [-0.3, -0.25) is 0 Å². The molecule has 0 aliphatic heterocycles. The van der Waals surface area contributed by atoms with Gasteiger partial charge in [0.15, 0.2) is 0 Å². The molecule has 1 aliphatic carbocycles. The molecule has 0 unspecified atom stereocenters. The lowest BCUT2D eigenvalue weighted by molar-refractivity contribution is 0.912. The van der Waals surface area contributed by atoms with Crippen molar-refractivity contribution in [1.29, 1.82) is 0 Å². The van der Waals surface area contributed by atoms with Crippen molar-refractivity contribution in [3.05, 3.63) is 59.2 Å². The molecule has 0 radical (unpaired) electrons. The Bertz CT molecular complexity index is 523. The molecule has 0 amide bonds. The van der Waals surface area contributed by atoms with Crippen LogP contribution in [0, 0.1) is 6.92 Å². The van der Waals surface area contributed by atoms with E-state index >= 15 is 0 Å². The molecular weight excluding hydrogens is 192 g/mol. The van der Waals surface area contributed by atoms with Crippen LogP contribution in [-0.2, 0) is 12.8 Å². The fourth-order valence-electron chi connectivity index (χ4n) is 2.64. The Kier molecular flexibility index (Phi) is 2.28. The second-order valence-corrected chi connectivity index (χ2v) is 4.65. The quantitative estimate of drug-likeness (QED) is 0.660. The van der Waals surface area contributed by atoms with Gasteiger partial charge in [0.2, 0.25) is 0 Å². The van der Waals surface area contributed by atoms with E-state index in [1.807, 2.05) is 0 Å². The van der Waals surface area contributed by atoms with Crippen LogP contribution in [0.5, 0.6) is 0 Å². The second kappa shape index (κ2) is 3.79. The van der Waals surface area contributed by atoms with Crippen molar-refractivity contribution in [2.45, 2.75) is 26.2 Å². The van der Waals surface area contributed by atoms with Gasteiger partial charge in [0.1, 0.15) is 0 Å². The Morgan fingerprint density at radius 1 is 0.875 bits per heavy atom. The van der Waals surface area contributed by atoms with Gasteiger partial charge >= 0.3 is 0 Å². The molecular formula is C16H16. The number of hydrogen-bond acceptors (Lipinski definition) is 0. The Morgan fingerprint density at radius 2 is 1.69 bits per heavy atom. The molecule has 0 saturated carbocycles. The third kappa shape index (κ3) is 1.55. The number of benzene rings is 2. The van der Waals surface area contributed by atoms with Crippen molar-refractivity contribution in [3.63, 3.8) is 0 Å². The van der Waals surface area contributed by atoms with Crippen molar-refractivity contribution < 1.29 is 0 Å². The Hall–Kier alpha value is -1.56. The molecule has 0 spiro atoms. The Morgan fingerprint density at radius 3 is 2.56 bits per heavy atom. The van der Waals surface area contributed by atoms with Gasteiger partial charge in [-0.15, -0.1) is 0 Å². The molecule has 1 aliphatic rings. The molecule has 0 bridgehead atoms. The molecule has 80 valence electrons. The minimum absolute atomic E-state index is 1.26. The van der Waals surface area contributed by atoms with E-state index in [2.05, 4.69) is 49.4 Å². The summed E-state index contributed by atoms with van der Waals surface area (Å²) in [7, 11) is 0. The van der Waals surface area contributed by atoms with E-state index in [-0.39, 0.29) is 0 Å². The summed E-state index contributed by atoms with van der Waals surface area (Å²) in [6, 6.07) is 15.6. The number of fused-ring (bicyclic) bond motifs is 1. The van der Waals surface area contributed by atoms with Crippen molar-refractivity contribution in [2.24, 2.45) is 0 Å². The fraction of sp³-hybridized carbons (Fsp3) is 0.250. The van der Waals surface area contributed by atoms with Crippen LogP contribution in [0.15, 0.2) is 42.5 Å². The van der Waals surface area contributed by atoms with Crippen molar-refractivity contribution in [3.8, 4) is 11.1 Å². The molecule has 0 heterocycles. The highest BCUT2D eigenvalue weighted by Gasteiger charge is 2.11. The van der Waals surface area contributed by atoms with Crippen molar-refractivity contribution >= 4 is 0 Å². The first-order valence-corrected chi connectivity index (χ1v) is 6.02. The summed E-state index contributed by atoms with van der Waals surface area (Å²) in [5, 5.41) is 0. The van der Waals surface area contributed by atoms with Gasteiger partial charge in [0.05, 0.1) is 0 Å². The van der Waals surface area contributed by atoms with Crippen LogP contribution in [0.3, 0.4) is 0 Å². The van der Waals surface area contributed by atoms with Crippen LogP contribution in [0.4, 0.5) is 0 Å². The van der Waals surface area contributed by atoms with Gasteiger partial charge in [-0.25, -0.2) is 0 Å². The van der Waals surface area contributed by atoms with Gasteiger partial charge in [-0.2, -0.15) is 0 Å². The molecule has 2 aromatic carbocycles. The maximum atomic E-state index is 2.38. The summed E-state index contributed by atoms with van der Waals surface area (Å²) < 4.78 is 0. The highest BCUT2D eigenvalue weighted by atomic mass is 14.2. The van der Waals surface area contributed by atoms with E-state index in [0.29, 0.717) is 0 Å². The molecule has 3 rings (SSSR count). The van der Waals surface area contributed by atoms with Crippen molar-refractivity contribution in [1.82, 2.24) is 0 Å². The Labute approximate surface area is 96.9 Å². The minimum Gasteiger partial charge on any atom is -0.0620 e. The molecule has 0 nitrogen and oxygen atoms in total. The highest BCUT2D eigenvalue weighted by Crippen LogP contribution is 2.29. The lowest BCUT2D eigenvalue weighted by Crippen LogP contribution is -1.86. The van der Waals surface area contributed by atoms with E-state index in [9.17, 15) is 0 Å². The lowest BCUT2D eigenvalue weighted by Gasteiger charge is -2.08. The zero-order valence-corrected chi connectivity index (χ0v) is 9.66. The van der Waals surface area contributed by atoms with E-state index in [4.69, 9.17) is 0 Å². The summed E-state index contributed by atoms with van der Waals surface area (Å²) >= 11 is 0. The standard InChI is InChI=1S/C16H16/c1-12-5-2-3-8-16(12)15-10-9-13-6-4-7-14(13)11-15/h2-3,5,8-11H,4,6-7H2,1H3. The van der Waals surface area contributed by atoms with Crippen LogP contribution in [-0.4, -0.2) is 0 Å². The largest absolute Gasteiger partial charge is 0.0620 e. The zero-order chi connectivity index (χ0) is 11.0. The summed E-state index contributed by atoms with van der Waals surface area (Å²) in [6.07, 6.45) is 3.85. The third-order valence-corrected chi connectivity index (χ3v) is 3.55. The summed E-state index contributed by atoms with van der Waals surface area (Å²) in [4.78, 5) is 0. The molecule has 2 aromatic rings. The highest BCUT2D eigenvalue weighted by molar-refractivity contribution is 5.68. The molecule has 0 aromatic heterocycles. The molecule has 0 heteroatoms. The smallest absolute Gasteiger partial charge is 0.0155 e. The Balaban J connectivity index is 2.11. The number of rotatable bonds is 1. The summed E-state index contributed by atoms with van der Waals surface area (Å²) in [5.74, 6) is 0. The minimum atomic E-state index is 1.26. The van der Waals surface area contributed by atoms with Crippen LogP contribution in [0.1, 0.15) is 23.1 Å². The molecule has 0 N–H and O–H groups in total. The van der Waals surface area contributed by atoms with Crippen molar-refractivity contribution in [2.75, 3.05) is 0 Å². The first-order chi connectivity index (χ1) is 7.84. The first-order valence-electron chi connectivity index (χ1n) is 6.02. The maximum absolute atomic E-state index is 2.38. The second-order valence-electron chi connectivity index (χ2n) is 4.65. The SMILES string of the molecule is Cc1ccccc1-c1ccc2c(c1)CCC2. The predicted molar refractivity (Wildman–Crippen MR) is 68.6 cm³/mol. The summed E-state index contributed by atoms with van der Waals surface area (Å²) in [6.45, 7) is 2.18. The van der Waals surface area contributed by atoms with Gasteiger partial charge in [-0.05, 0) is 54.0 Å². The van der Waals surface area contributed by atoms with E-state index in [1.165, 1.54) is 36.0 Å². The van der Waals surface area contributed by atoms with Crippen LogP contribution in [0.25, 0.3) is 11.1 Å². The lowest BCUT2D eigenvalue weighted by atomic mass is 9.97. The fourth-order valence-corrected chi connectivity index (χ4v) is 2.64. The zero-order valence-electron chi connectivity index (χ0n) is 9.66.